The van der Waals surface area contributed by atoms with E-state index in [2.05, 4.69) is 263 Å². The Morgan fingerprint density at radius 1 is 0.254 bits per heavy atom. The topological polar surface area (TPSA) is 11.4 Å². The zero-order valence-electron chi connectivity index (χ0n) is 34.5. The van der Waals surface area contributed by atoms with Gasteiger partial charge >= 0.3 is 0 Å². The number of aromatic nitrogens is 1. The molecule has 1 aliphatic heterocycles. The average molecular weight is 804 g/mol. The molecule has 10 aromatic carbocycles. The summed E-state index contributed by atoms with van der Waals surface area (Å²) >= 11 is 0. The fraction of sp³-hybridized carbons (Fsp3) is 0. The van der Waals surface area contributed by atoms with Gasteiger partial charge in [-0.2, -0.15) is 0 Å². The van der Waals surface area contributed by atoms with Crippen molar-refractivity contribution in [2.24, 2.45) is 0 Å². The molecule has 1 aliphatic rings. The maximum Gasteiger partial charge on any atom is 0.0620 e. The molecule has 0 unspecified atom stereocenters. The van der Waals surface area contributed by atoms with Crippen molar-refractivity contribution in [1.82, 2.24) is 4.57 Å². The van der Waals surface area contributed by atoms with Crippen LogP contribution >= 0.6 is 0 Å². The Labute approximate surface area is 367 Å². The van der Waals surface area contributed by atoms with Crippen LogP contribution in [0.15, 0.2) is 249 Å². The highest BCUT2D eigenvalue weighted by Crippen LogP contribution is 2.49. The predicted molar refractivity (Wildman–Crippen MR) is 265 cm³/mol. The van der Waals surface area contributed by atoms with E-state index >= 15 is 0 Å². The first-order chi connectivity index (χ1) is 31.3. The Balaban J connectivity index is 1.02. The summed E-state index contributed by atoms with van der Waals surface area (Å²) < 4.78 is 2.50. The molecule has 0 spiro atoms. The largest absolute Gasteiger partial charge is 0.311 e. The summed E-state index contributed by atoms with van der Waals surface area (Å²) in [7, 11) is 0. The number of para-hydroxylation sites is 5. The molecule has 63 heavy (non-hydrogen) atoms. The summed E-state index contributed by atoms with van der Waals surface area (Å²) in [5.74, 6) is 0. The van der Waals surface area contributed by atoms with Crippen molar-refractivity contribution in [2.45, 2.75) is 0 Å². The Morgan fingerprint density at radius 2 is 0.635 bits per heavy atom. The first kappa shape index (κ1) is 36.5. The average Bonchev–Trinajstić information content (AvgIpc) is 3.62. The van der Waals surface area contributed by atoms with Crippen molar-refractivity contribution < 1.29 is 0 Å². The van der Waals surface area contributed by atoms with E-state index < -0.39 is 0 Å². The zero-order valence-corrected chi connectivity index (χ0v) is 34.5. The van der Waals surface area contributed by atoms with E-state index in [9.17, 15) is 0 Å². The molecule has 296 valence electrons. The van der Waals surface area contributed by atoms with Crippen molar-refractivity contribution in [3.63, 3.8) is 0 Å². The molecular formula is C60H41N3. The summed E-state index contributed by atoms with van der Waals surface area (Å²) in [6.45, 7) is 0. The van der Waals surface area contributed by atoms with Gasteiger partial charge in [0.1, 0.15) is 0 Å². The van der Waals surface area contributed by atoms with Gasteiger partial charge in [-0.1, -0.05) is 146 Å². The molecule has 0 radical (unpaired) electrons. The van der Waals surface area contributed by atoms with Crippen molar-refractivity contribution in [3.05, 3.63) is 249 Å². The number of fused-ring (bicyclic) bond motifs is 8. The van der Waals surface area contributed by atoms with Gasteiger partial charge in [-0.25, -0.2) is 0 Å². The lowest BCUT2D eigenvalue weighted by Crippen LogP contribution is -2.09. The Hall–Kier alpha value is -8.40. The summed E-state index contributed by atoms with van der Waals surface area (Å²) in [6, 6.07) is 90.1. The number of hydrogen-bond donors (Lipinski definition) is 0. The normalized spacial score (nSPS) is 11.5. The Bertz CT molecular complexity index is 3330. The van der Waals surface area contributed by atoms with Crippen LogP contribution in [0.3, 0.4) is 0 Å². The van der Waals surface area contributed by atoms with E-state index in [-0.39, 0.29) is 0 Å². The fourth-order valence-corrected chi connectivity index (χ4v) is 9.61. The highest BCUT2D eigenvalue weighted by Gasteiger charge is 2.26. The number of nitrogens with zero attached hydrogens (tertiary/aromatic N) is 3. The lowest BCUT2D eigenvalue weighted by atomic mass is 9.91. The van der Waals surface area contributed by atoms with Crippen molar-refractivity contribution in [2.75, 3.05) is 9.80 Å². The first-order valence-electron chi connectivity index (χ1n) is 21.6. The number of benzene rings is 10. The lowest BCUT2D eigenvalue weighted by Gasteiger charge is -2.25. The lowest BCUT2D eigenvalue weighted by molar-refractivity contribution is 1.19. The molecule has 3 nitrogen and oxygen atoms in total. The molecule has 0 fully saturated rings. The molecule has 12 rings (SSSR count). The molecule has 0 saturated carbocycles. The highest BCUT2D eigenvalue weighted by molar-refractivity contribution is 6.18. The second-order valence-corrected chi connectivity index (χ2v) is 16.2. The van der Waals surface area contributed by atoms with E-state index in [0.29, 0.717) is 0 Å². The van der Waals surface area contributed by atoms with Crippen LogP contribution in [0, 0.1) is 0 Å². The first-order valence-corrected chi connectivity index (χ1v) is 21.6. The Kier molecular flexibility index (Phi) is 8.83. The SMILES string of the molecule is c1ccc(N(c2ccccc2)c2ccc(-c3ccc4c(c3)c3cc(-c5ccc(N(c6ccccc6)c6ccccc6)cc5)cc5c3n4-c3ccccc3-c3ccccc3-5)cc2)cc1. The smallest absolute Gasteiger partial charge is 0.0620 e. The number of anilines is 6. The van der Waals surface area contributed by atoms with Crippen LogP contribution in [0.1, 0.15) is 0 Å². The second-order valence-electron chi connectivity index (χ2n) is 16.2. The minimum Gasteiger partial charge on any atom is -0.311 e. The van der Waals surface area contributed by atoms with Gasteiger partial charge in [0.05, 0.1) is 16.7 Å². The van der Waals surface area contributed by atoms with Crippen LogP contribution in [0.25, 0.3) is 72.0 Å². The molecule has 0 bridgehead atoms. The van der Waals surface area contributed by atoms with Crippen LogP contribution in [0.5, 0.6) is 0 Å². The maximum absolute atomic E-state index is 2.50. The van der Waals surface area contributed by atoms with E-state index in [1.54, 1.807) is 0 Å². The molecule has 0 saturated heterocycles. The molecule has 1 aromatic heterocycles. The van der Waals surface area contributed by atoms with E-state index in [1.165, 1.54) is 72.0 Å². The summed E-state index contributed by atoms with van der Waals surface area (Å²) in [5.41, 5.74) is 20.0. The third-order valence-electron chi connectivity index (χ3n) is 12.5. The predicted octanol–water partition coefficient (Wildman–Crippen LogP) is 16.7. The van der Waals surface area contributed by atoms with Crippen LogP contribution in [-0.2, 0) is 0 Å². The summed E-state index contributed by atoms with van der Waals surface area (Å²) in [4.78, 5) is 4.63. The molecule has 2 heterocycles. The summed E-state index contributed by atoms with van der Waals surface area (Å²) in [5, 5.41) is 2.47. The molecule has 0 amide bonds. The quantitative estimate of drug-likeness (QED) is 0.152. The van der Waals surface area contributed by atoms with Gasteiger partial charge in [0.25, 0.3) is 0 Å². The van der Waals surface area contributed by atoms with Gasteiger partial charge in [0, 0.05) is 56.0 Å². The van der Waals surface area contributed by atoms with Gasteiger partial charge in [-0.3, -0.25) is 0 Å². The minimum atomic E-state index is 1.11. The number of hydrogen-bond acceptors (Lipinski definition) is 2. The van der Waals surface area contributed by atoms with E-state index in [0.717, 1.165) is 34.1 Å². The minimum absolute atomic E-state index is 1.11. The molecular weight excluding hydrogens is 763 g/mol. The van der Waals surface area contributed by atoms with Crippen molar-refractivity contribution in [1.29, 1.82) is 0 Å². The zero-order chi connectivity index (χ0) is 41.7. The van der Waals surface area contributed by atoms with Crippen LogP contribution in [0.4, 0.5) is 34.1 Å². The molecule has 3 heteroatoms. The van der Waals surface area contributed by atoms with Crippen molar-refractivity contribution >= 4 is 55.9 Å². The van der Waals surface area contributed by atoms with Gasteiger partial charge in [0.15, 0.2) is 0 Å². The van der Waals surface area contributed by atoms with Gasteiger partial charge in [-0.05, 0) is 137 Å². The Morgan fingerprint density at radius 3 is 1.14 bits per heavy atom. The monoisotopic (exact) mass is 803 g/mol. The summed E-state index contributed by atoms with van der Waals surface area (Å²) in [6.07, 6.45) is 0. The van der Waals surface area contributed by atoms with Crippen LogP contribution in [-0.4, -0.2) is 4.57 Å². The van der Waals surface area contributed by atoms with E-state index in [4.69, 9.17) is 0 Å². The molecule has 0 aliphatic carbocycles. The third kappa shape index (κ3) is 6.29. The van der Waals surface area contributed by atoms with Gasteiger partial charge in [-0.15, -0.1) is 0 Å². The standard InChI is InChI=1S/C60H41N3/c1-5-17-46(18-6-1)61(47-19-7-2-8-20-47)50-34-29-42(30-35-50)44-33-38-59-55(39-44)57-41-45(40-56-53-26-14-13-25-52(53)54-27-15-16-28-58(54)63(59)60(56)57)43-31-36-51(37-32-43)62(48-21-9-3-10-22-48)49-23-11-4-12-24-49/h1-41H. The van der Waals surface area contributed by atoms with Gasteiger partial charge < -0.3 is 14.4 Å². The third-order valence-corrected chi connectivity index (χ3v) is 12.5. The second kappa shape index (κ2) is 15.3. The fourth-order valence-electron chi connectivity index (χ4n) is 9.61. The molecule has 0 atom stereocenters. The molecule has 11 aromatic rings. The van der Waals surface area contributed by atoms with Gasteiger partial charge in [0.2, 0.25) is 0 Å². The highest BCUT2D eigenvalue weighted by atomic mass is 15.1. The van der Waals surface area contributed by atoms with Crippen LogP contribution < -0.4 is 9.80 Å². The molecule has 0 N–H and O–H groups in total. The van der Waals surface area contributed by atoms with Crippen molar-refractivity contribution in [3.8, 4) is 50.2 Å². The van der Waals surface area contributed by atoms with E-state index in [1.807, 2.05) is 0 Å². The number of rotatable bonds is 8. The maximum atomic E-state index is 2.50. The van der Waals surface area contributed by atoms with Crippen LogP contribution in [0.2, 0.25) is 0 Å².